The minimum Gasteiger partial charge on any atom is -0.393 e. The van der Waals surface area contributed by atoms with Crippen LogP contribution in [0.5, 0.6) is 0 Å². The first-order chi connectivity index (χ1) is 8.63. The van der Waals surface area contributed by atoms with E-state index in [1.165, 1.54) is 4.68 Å². The van der Waals surface area contributed by atoms with Crippen molar-refractivity contribution in [2.24, 2.45) is 5.92 Å². The van der Waals surface area contributed by atoms with Gasteiger partial charge in [0.05, 0.1) is 18.0 Å². The highest BCUT2D eigenvalue weighted by Crippen LogP contribution is 2.26. The van der Waals surface area contributed by atoms with Crippen LogP contribution in [0, 0.1) is 5.92 Å². The minimum absolute atomic E-state index is 0.166. The van der Waals surface area contributed by atoms with Crippen molar-refractivity contribution in [3.8, 4) is 0 Å². The predicted octanol–water partition coefficient (Wildman–Crippen LogP) is 1.49. The third-order valence-corrected chi connectivity index (χ3v) is 3.82. The van der Waals surface area contributed by atoms with Crippen molar-refractivity contribution >= 4 is 17.3 Å². The number of aliphatic hydroxyl groups excluding tert-OH is 1. The van der Waals surface area contributed by atoms with E-state index in [0.29, 0.717) is 18.8 Å². The van der Waals surface area contributed by atoms with Gasteiger partial charge in [0.1, 0.15) is 5.02 Å². The fourth-order valence-corrected chi connectivity index (χ4v) is 2.52. The lowest BCUT2D eigenvalue weighted by Crippen LogP contribution is -2.26. The van der Waals surface area contributed by atoms with Gasteiger partial charge in [-0.1, -0.05) is 18.0 Å². The molecule has 0 radical (unpaired) electrons. The van der Waals surface area contributed by atoms with Gasteiger partial charge in [0.15, 0.2) is 0 Å². The SMILES string of the molecule is CCn1ncc(NCC2CCCC2O)c(Cl)c1=O. The van der Waals surface area contributed by atoms with E-state index in [-0.39, 0.29) is 22.6 Å². The molecule has 2 atom stereocenters. The van der Waals surface area contributed by atoms with Crippen LogP contribution in [-0.4, -0.2) is 27.5 Å². The highest BCUT2D eigenvalue weighted by atomic mass is 35.5. The highest BCUT2D eigenvalue weighted by Gasteiger charge is 2.25. The van der Waals surface area contributed by atoms with Crippen LogP contribution in [0.4, 0.5) is 5.69 Å². The molecule has 1 aliphatic carbocycles. The van der Waals surface area contributed by atoms with Crippen LogP contribution in [0.15, 0.2) is 11.0 Å². The Hall–Kier alpha value is -1.07. The van der Waals surface area contributed by atoms with Crippen molar-refractivity contribution in [3.05, 3.63) is 21.6 Å². The molecule has 0 aromatic carbocycles. The number of aryl methyl sites for hydroxylation is 1. The number of aromatic nitrogens is 2. The molecular formula is C12H18ClN3O2. The quantitative estimate of drug-likeness (QED) is 0.871. The van der Waals surface area contributed by atoms with Gasteiger partial charge < -0.3 is 10.4 Å². The van der Waals surface area contributed by atoms with Crippen LogP contribution < -0.4 is 10.9 Å². The summed E-state index contributed by atoms with van der Waals surface area (Å²) in [5.41, 5.74) is 0.265. The molecule has 1 fully saturated rings. The lowest BCUT2D eigenvalue weighted by Gasteiger charge is -2.16. The van der Waals surface area contributed by atoms with Gasteiger partial charge in [-0.2, -0.15) is 5.10 Å². The van der Waals surface area contributed by atoms with Gasteiger partial charge in [-0.3, -0.25) is 4.79 Å². The maximum atomic E-state index is 11.8. The summed E-state index contributed by atoms with van der Waals surface area (Å²) in [5.74, 6) is 0.231. The highest BCUT2D eigenvalue weighted by molar-refractivity contribution is 6.32. The first kappa shape index (κ1) is 13.4. The second kappa shape index (κ2) is 5.71. The van der Waals surface area contributed by atoms with Crippen LogP contribution in [0.2, 0.25) is 5.02 Å². The molecule has 1 aromatic rings. The van der Waals surface area contributed by atoms with Gasteiger partial charge in [-0.25, -0.2) is 4.68 Å². The Kier molecular flexibility index (Phi) is 4.24. The molecule has 0 saturated heterocycles. The largest absolute Gasteiger partial charge is 0.393 e. The average molecular weight is 272 g/mol. The molecule has 2 rings (SSSR count). The molecule has 0 bridgehead atoms. The molecule has 1 saturated carbocycles. The molecular weight excluding hydrogens is 254 g/mol. The normalized spacial score (nSPS) is 23.3. The van der Waals surface area contributed by atoms with Gasteiger partial charge in [0, 0.05) is 19.0 Å². The van der Waals surface area contributed by atoms with Crippen LogP contribution in [0.1, 0.15) is 26.2 Å². The van der Waals surface area contributed by atoms with Crippen molar-refractivity contribution in [2.75, 3.05) is 11.9 Å². The fraction of sp³-hybridized carbons (Fsp3) is 0.667. The van der Waals surface area contributed by atoms with E-state index in [9.17, 15) is 9.90 Å². The van der Waals surface area contributed by atoms with E-state index >= 15 is 0 Å². The summed E-state index contributed by atoms with van der Waals surface area (Å²) in [7, 11) is 0. The zero-order chi connectivity index (χ0) is 13.1. The second-order valence-corrected chi connectivity index (χ2v) is 5.01. The number of rotatable bonds is 4. The summed E-state index contributed by atoms with van der Waals surface area (Å²) in [6, 6.07) is 0. The van der Waals surface area contributed by atoms with Crippen molar-refractivity contribution in [1.29, 1.82) is 0 Å². The van der Waals surface area contributed by atoms with E-state index in [4.69, 9.17) is 11.6 Å². The lowest BCUT2D eigenvalue weighted by atomic mass is 10.1. The zero-order valence-corrected chi connectivity index (χ0v) is 11.2. The van der Waals surface area contributed by atoms with Crippen molar-refractivity contribution in [3.63, 3.8) is 0 Å². The Balaban J connectivity index is 2.06. The summed E-state index contributed by atoms with van der Waals surface area (Å²) in [5, 5.41) is 17.0. The zero-order valence-electron chi connectivity index (χ0n) is 10.4. The Morgan fingerprint density at radius 2 is 2.39 bits per heavy atom. The monoisotopic (exact) mass is 271 g/mol. The number of nitrogens with one attached hydrogen (secondary N) is 1. The maximum Gasteiger partial charge on any atom is 0.287 e. The molecule has 1 aromatic heterocycles. The second-order valence-electron chi connectivity index (χ2n) is 4.63. The van der Waals surface area contributed by atoms with E-state index in [2.05, 4.69) is 10.4 Å². The Morgan fingerprint density at radius 3 is 3.00 bits per heavy atom. The molecule has 2 N–H and O–H groups in total. The van der Waals surface area contributed by atoms with E-state index < -0.39 is 0 Å². The summed E-state index contributed by atoms with van der Waals surface area (Å²) in [6.07, 6.45) is 4.23. The van der Waals surface area contributed by atoms with Crippen molar-refractivity contribution < 1.29 is 5.11 Å². The van der Waals surface area contributed by atoms with Crippen molar-refractivity contribution in [2.45, 2.75) is 38.8 Å². The Bertz CT molecular complexity index is 475. The number of halogens is 1. The first-order valence-corrected chi connectivity index (χ1v) is 6.68. The average Bonchev–Trinajstić information content (AvgIpc) is 2.77. The molecule has 6 heteroatoms. The molecule has 1 heterocycles. The van der Waals surface area contributed by atoms with Crippen molar-refractivity contribution in [1.82, 2.24) is 9.78 Å². The third-order valence-electron chi connectivity index (χ3n) is 3.46. The molecule has 100 valence electrons. The molecule has 2 unspecified atom stereocenters. The fourth-order valence-electron chi connectivity index (χ4n) is 2.31. The maximum absolute atomic E-state index is 11.8. The molecule has 0 amide bonds. The van der Waals surface area contributed by atoms with Crippen LogP contribution in [-0.2, 0) is 6.54 Å². The number of aliphatic hydroxyl groups is 1. The number of hydrogen-bond acceptors (Lipinski definition) is 4. The van der Waals surface area contributed by atoms with Crippen LogP contribution in [0.25, 0.3) is 0 Å². The topological polar surface area (TPSA) is 67.2 Å². The van der Waals surface area contributed by atoms with Gasteiger partial charge in [-0.05, 0) is 19.8 Å². The number of nitrogens with zero attached hydrogens (tertiary/aromatic N) is 2. The smallest absolute Gasteiger partial charge is 0.287 e. The molecule has 5 nitrogen and oxygen atoms in total. The summed E-state index contributed by atoms with van der Waals surface area (Å²) >= 11 is 6.00. The van der Waals surface area contributed by atoms with Crippen LogP contribution in [0.3, 0.4) is 0 Å². The number of anilines is 1. The standard InChI is InChI=1S/C12H18ClN3O2/c1-2-16-12(18)11(13)9(7-15-16)14-6-8-4-3-5-10(8)17/h7-8,10,14,17H,2-6H2,1H3. The van der Waals surface area contributed by atoms with E-state index in [1.807, 2.05) is 6.92 Å². The van der Waals surface area contributed by atoms with Gasteiger partial charge in [0.2, 0.25) is 0 Å². The number of hydrogen-bond donors (Lipinski definition) is 2. The summed E-state index contributed by atoms with van der Waals surface area (Å²) < 4.78 is 1.32. The molecule has 1 aliphatic rings. The predicted molar refractivity (Wildman–Crippen MR) is 71.0 cm³/mol. The molecule has 18 heavy (non-hydrogen) atoms. The van der Waals surface area contributed by atoms with Gasteiger partial charge in [0.25, 0.3) is 5.56 Å². The summed E-state index contributed by atoms with van der Waals surface area (Å²) in [4.78, 5) is 11.8. The molecule has 0 spiro atoms. The Morgan fingerprint density at radius 1 is 1.61 bits per heavy atom. The van der Waals surface area contributed by atoms with Gasteiger partial charge in [-0.15, -0.1) is 0 Å². The van der Waals surface area contributed by atoms with Gasteiger partial charge >= 0.3 is 0 Å². The van der Waals surface area contributed by atoms with Crippen LogP contribution >= 0.6 is 11.6 Å². The van der Waals surface area contributed by atoms with E-state index in [0.717, 1.165) is 19.3 Å². The summed E-state index contributed by atoms with van der Waals surface area (Å²) in [6.45, 7) is 2.96. The molecule has 0 aliphatic heterocycles. The first-order valence-electron chi connectivity index (χ1n) is 6.31. The van der Waals surface area contributed by atoms with E-state index in [1.54, 1.807) is 6.20 Å². The third kappa shape index (κ3) is 2.67. The Labute approximate surface area is 111 Å². The minimum atomic E-state index is -0.281. The lowest BCUT2D eigenvalue weighted by molar-refractivity contribution is 0.138.